The van der Waals surface area contributed by atoms with E-state index in [9.17, 15) is 9.59 Å². The van der Waals surface area contributed by atoms with Crippen LogP contribution in [0.1, 0.15) is 18.9 Å². The van der Waals surface area contributed by atoms with Crippen molar-refractivity contribution in [3.05, 3.63) is 35.9 Å². The lowest BCUT2D eigenvalue weighted by atomic mass is 10.2. The largest absolute Gasteiger partial charge is 0.496 e. The lowest BCUT2D eigenvalue weighted by molar-refractivity contribution is -0.143. The first-order valence-electron chi connectivity index (χ1n) is 6.80. The predicted molar refractivity (Wildman–Crippen MR) is 80.9 cm³/mol. The van der Waals surface area contributed by atoms with E-state index < -0.39 is 0 Å². The third-order valence-electron chi connectivity index (χ3n) is 2.88. The van der Waals surface area contributed by atoms with E-state index in [-0.39, 0.29) is 18.3 Å². The van der Waals surface area contributed by atoms with E-state index in [1.807, 2.05) is 24.3 Å². The molecule has 0 aliphatic rings. The Kier molecular flexibility index (Phi) is 7.01. The molecule has 1 aromatic rings. The van der Waals surface area contributed by atoms with Gasteiger partial charge in [-0.15, -0.1) is 0 Å². The van der Waals surface area contributed by atoms with Gasteiger partial charge in [0.25, 0.3) is 0 Å². The molecule has 0 saturated carbocycles. The second kappa shape index (κ2) is 8.79. The molecular formula is C16H21NO4. The summed E-state index contributed by atoms with van der Waals surface area (Å²) in [4.78, 5) is 24.6. The second-order valence-electron chi connectivity index (χ2n) is 4.39. The lowest BCUT2D eigenvalue weighted by Gasteiger charge is -2.14. The fraction of sp³-hybridized carbons (Fsp3) is 0.375. The van der Waals surface area contributed by atoms with Crippen LogP contribution < -0.4 is 4.74 Å². The number of hydrogen-bond acceptors (Lipinski definition) is 4. The van der Waals surface area contributed by atoms with Crippen LogP contribution in [0.3, 0.4) is 0 Å². The number of ether oxygens (including phenoxy) is 2. The van der Waals surface area contributed by atoms with Crippen LogP contribution in [0.2, 0.25) is 0 Å². The van der Waals surface area contributed by atoms with Crippen molar-refractivity contribution in [3.8, 4) is 5.75 Å². The fourth-order valence-electron chi connectivity index (χ4n) is 1.69. The minimum absolute atomic E-state index is 0.176. The molecule has 5 nitrogen and oxygen atoms in total. The molecule has 5 heteroatoms. The number of hydrogen-bond donors (Lipinski definition) is 0. The van der Waals surface area contributed by atoms with Gasteiger partial charge in [0, 0.05) is 25.2 Å². The Hall–Kier alpha value is -2.30. The van der Waals surface area contributed by atoms with Gasteiger partial charge in [-0.1, -0.05) is 18.2 Å². The summed E-state index contributed by atoms with van der Waals surface area (Å²) < 4.78 is 10.0. The molecule has 0 aliphatic carbocycles. The van der Waals surface area contributed by atoms with E-state index in [1.165, 1.54) is 11.0 Å². The van der Waals surface area contributed by atoms with Crippen LogP contribution in [0.25, 0.3) is 6.08 Å². The Balaban J connectivity index is 2.55. The number of amides is 1. The highest BCUT2D eigenvalue weighted by Gasteiger charge is 2.09. The molecule has 0 aliphatic heterocycles. The van der Waals surface area contributed by atoms with Crippen LogP contribution in [-0.2, 0) is 14.3 Å². The Morgan fingerprint density at radius 1 is 1.29 bits per heavy atom. The van der Waals surface area contributed by atoms with Gasteiger partial charge in [-0.25, -0.2) is 0 Å². The maximum Gasteiger partial charge on any atom is 0.307 e. The molecule has 114 valence electrons. The van der Waals surface area contributed by atoms with Crippen LogP contribution in [0.5, 0.6) is 5.75 Å². The van der Waals surface area contributed by atoms with E-state index in [4.69, 9.17) is 9.47 Å². The standard InChI is InChI=1S/C16H21NO4/c1-4-21-16(19)11-12-17(2)15(18)10-9-13-7-5-6-8-14(13)20-3/h5-10H,4,11-12H2,1-3H3. The Morgan fingerprint density at radius 2 is 2.00 bits per heavy atom. The predicted octanol–water partition coefficient (Wildman–Crippen LogP) is 2.12. The average molecular weight is 291 g/mol. The van der Waals surface area contributed by atoms with Gasteiger partial charge in [-0.3, -0.25) is 9.59 Å². The quantitative estimate of drug-likeness (QED) is 0.570. The molecule has 0 heterocycles. The van der Waals surface area contributed by atoms with Crippen molar-refractivity contribution in [1.82, 2.24) is 4.90 Å². The van der Waals surface area contributed by atoms with Crippen LogP contribution >= 0.6 is 0 Å². The van der Waals surface area contributed by atoms with Gasteiger partial charge in [0.2, 0.25) is 5.91 Å². The number of nitrogens with zero attached hydrogens (tertiary/aromatic N) is 1. The monoisotopic (exact) mass is 291 g/mol. The summed E-state index contributed by atoms with van der Waals surface area (Å²) in [5.41, 5.74) is 0.826. The van der Waals surface area contributed by atoms with Crippen molar-refractivity contribution in [2.45, 2.75) is 13.3 Å². The van der Waals surface area contributed by atoms with Gasteiger partial charge in [0.15, 0.2) is 0 Å². The van der Waals surface area contributed by atoms with E-state index in [0.717, 1.165) is 5.56 Å². The van der Waals surface area contributed by atoms with Gasteiger partial charge in [0.1, 0.15) is 5.75 Å². The summed E-state index contributed by atoms with van der Waals surface area (Å²) in [6.45, 7) is 2.43. The summed E-state index contributed by atoms with van der Waals surface area (Å²) in [5, 5.41) is 0. The minimum Gasteiger partial charge on any atom is -0.496 e. The second-order valence-corrected chi connectivity index (χ2v) is 4.39. The molecule has 0 N–H and O–H groups in total. The number of carbonyl (C=O) groups excluding carboxylic acids is 2. The van der Waals surface area contributed by atoms with E-state index in [0.29, 0.717) is 18.9 Å². The summed E-state index contributed by atoms with van der Waals surface area (Å²) >= 11 is 0. The van der Waals surface area contributed by atoms with Crippen LogP contribution in [0.4, 0.5) is 0 Å². The van der Waals surface area contributed by atoms with Crippen molar-refractivity contribution >= 4 is 18.0 Å². The zero-order valence-electron chi connectivity index (χ0n) is 12.7. The molecule has 1 amide bonds. The topological polar surface area (TPSA) is 55.8 Å². The van der Waals surface area contributed by atoms with Crippen LogP contribution in [0, 0.1) is 0 Å². The summed E-state index contributed by atoms with van der Waals surface area (Å²) in [6, 6.07) is 7.43. The Labute approximate surface area is 125 Å². The number of para-hydroxylation sites is 1. The first-order chi connectivity index (χ1) is 10.1. The summed E-state index contributed by atoms with van der Waals surface area (Å²) in [5.74, 6) is 0.229. The Morgan fingerprint density at radius 3 is 2.67 bits per heavy atom. The van der Waals surface area contributed by atoms with E-state index >= 15 is 0 Å². The maximum absolute atomic E-state index is 11.9. The normalized spacial score (nSPS) is 10.4. The van der Waals surface area contributed by atoms with Gasteiger partial charge in [0.05, 0.1) is 20.1 Å². The molecule has 21 heavy (non-hydrogen) atoms. The third kappa shape index (κ3) is 5.69. The third-order valence-corrected chi connectivity index (χ3v) is 2.88. The summed E-state index contributed by atoms with van der Waals surface area (Å²) in [7, 11) is 3.23. The van der Waals surface area contributed by atoms with Crippen molar-refractivity contribution in [2.24, 2.45) is 0 Å². The molecule has 0 atom stereocenters. The van der Waals surface area contributed by atoms with Crippen molar-refractivity contribution in [3.63, 3.8) is 0 Å². The first kappa shape index (κ1) is 16.8. The number of rotatable bonds is 7. The number of likely N-dealkylation sites (N-methyl/N-ethyl adjacent to an activating group) is 1. The van der Waals surface area contributed by atoms with Crippen molar-refractivity contribution in [1.29, 1.82) is 0 Å². The Bertz CT molecular complexity index is 511. The molecule has 0 aromatic heterocycles. The summed E-state index contributed by atoms with van der Waals surface area (Å²) in [6.07, 6.45) is 3.35. The van der Waals surface area contributed by atoms with Gasteiger partial charge in [-0.05, 0) is 19.1 Å². The molecule has 0 fully saturated rings. The average Bonchev–Trinajstić information content (AvgIpc) is 2.50. The molecule has 1 aromatic carbocycles. The molecule has 1 rings (SSSR count). The number of methoxy groups -OCH3 is 1. The number of esters is 1. The first-order valence-corrected chi connectivity index (χ1v) is 6.80. The van der Waals surface area contributed by atoms with E-state index in [1.54, 1.807) is 27.2 Å². The lowest BCUT2D eigenvalue weighted by Crippen LogP contribution is -2.27. The van der Waals surface area contributed by atoms with Gasteiger partial charge >= 0.3 is 5.97 Å². The molecule has 0 bridgehead atoms. The molecule has 0 radical (unpaired) electrons. The zero-order chi connectivity index (χ0) is 15.7. The SMILES string of the molecule is CCOC(=O)CCN(C)C(=O)C=Cc1ccccc1OC. The molecule has 0 spiro atoms. The number of carbonyl (C=O) groups is 2. The zero-order valence-corrected chi connectivity index (χ0v) is 12.7. The van der Waals surface area contributed by atoms with Gasteiger partial charge < -0.3 is 14.4 Å². The van der Waals surface area contributed by atoms with Crippen molar-refractivity contribution < 1.29 is 19.1 Å². The van der Waals surface area contributed by atoms with Gasteiger partial charge in [-0.2, -0.15) is 0 Å². The maximum atomic E-state index is 11.9. The highest BCUT2D eigenvalue weighted by atomic mass is 16.5. The van der Waals surface area contributed by atoms with E-state index in [2.05, 4.69) is 0 Å². The van der Waals surface area contributed by atoms with Crippen LogP contribution in [-0.4, -0.2) is 44.1 Å². The fourth-order valence-corrected chi connectivity index (χ4v) is 1.69. The molecular weight excluding hydrogens is 270 g/mol. The highest BCUT2D eigenvalue weighted by Crippen LogP contribution is 2.18. The highest BCUT2D eigenvalue weighted by molar-refractivity contribution is 5.92. The molecule has 0 saturated heterocycles. The smallest absolute Gasteiger partial charge is 0.307 e. The van der Waals surface area contributed by atoms with Crippen LogP contribution in [0.15, 0.2) is 30.3 Å². The minimum atomic E-state index is -0.300. The molecule has 0 unspecified atom stereocenters. The van der Waals surface area contributed by atoms with Crippen molar-refractivity contribution in [2.75, 3.05) is 27.3 Å². The number of benzene rings is 1.